The van der Waals surface area contributed by atoms with Gasteiger partial charge in [-0.3, -0.25) is 4.68 Å². The summed E-state index contributed by atoms with van der Waals surface area (Å²) in [6.45, 7) is 0.116. The van der Waals surface area contributed by atoms with E-state index in [4.69, 9.17) is 0 Å². The second-order valence-corrected chi connectivity index (χ2v) is 6.19. The van der Waals surface area contributed by atoms with Gasteiger partial charge in [0.25, 0.3) is 9.84 Å². The second kappa shape index (κ2) is 5.40. The molecule has 0 fully saturated rings. The molecular formula is C12H12F3N3O2S. The average molecular weight is 319 g/mol. The lowest BCUT2D eigenvalue weighted by Crippen LogP contribution is -2.24. The van der Waals surface area contributed by atoms with Crippen LogP contribution >= 0.6 is 0 Å². The van der Waals surface area contributed by atoms with E-state index in [-0.39, 0.29) is 12.2 Å². The highest BCUT2D eigenvalue weighted by Gasteiger charge is 2.47. The van der Waals surface area contributed by atoms with Crippen molar-refractivity contribution in [2.75, 3.05) is 5.32 Å². The monoisotopic (exact) mass is 319 g/mol. The van der Waals surface area contributed by atoms with Crippen molar-refractivity contribution < 1.29 is 21.6 Å². The number of hydrogen-bond donors (Lipinski definition) is 1. The zero-order chi connectivity index (χ0) is 15.7. The second-order valence-electron chi connectivity index (χ2n) is 4.28. The molecule has 0 aliphatic carbocycles. The first-order valence-corrected chi connectivity index (χ1v) is 7.33. The van der Waals surface area contributed by atoms with E-state index in [1.54, 1.807) is 19.3 Å². The minimum Gasteiger partial charge on any atom is -0.378 e. The van der Waals surface area contributed by atoms with Crippen molar-refractivity contribution in [2.45, 2.75) is 16.9 Å². The number of sulfone groups is 1. The Balaban J connectivity index is 2.30. The third-order valence-corrected chi connectivity index (χ3v) is 4.25. The standard InChI is InChI=1S/C12H12F3N3O2S/c1-18-7-6-9(17-18)8-16-10-4-2-3-5-11(10)21(19,20)12(13,14)15/h2-7,16H,8H2,1H3. The van der Waals surface area contributed by atoms with E-state index < -0.39 is 20.2 Å². The molecule has 9 heteroatoms. The molecule has 0 aliphatic heterocycles. The van der Waals surface area contributed by atoms with Gasteiger partial charge in [0.15, 0.2) is 0 Å². The fourth-order valence-electron chi connectivity index (χ4n) is 1.71. The maximum Gasteiger partial charge on any atom is 0.501 e. The third-order valence-electron chi connectivity index (χ3n) is 2.71. The highest BCUT2D eigenvalue weighted by molar-refractivity contribution is 7.92. The van der Waals surface area contributed by atoms with Gasteiger partial charge in [-0.05, 0) is 18.2 Å². The van der Waals surface area contributed by atoms with Crippen molar-refractivity contribution in [3.05, 3.63) is 42.2 Å². The Hall–Kier alpha value is -2.03. The lowest BCUT2D eigenvalue weighted by molar-refractivity contribution is -0.0435. The molecule has 0 atom stereocenters. The summed E-state index contributed by atoms with van der Waals surface area (Å²) in [5, 5.41) is 6.71. The minimum absolute atomic E-state index is 0.111. The molecule has 2 aromatic rings. The van der Waals surface area contributed by atoms with Crippen LogP contribution in [0.1, 0.15) is 5.69 Å². The molecule has 114 valence electrons. The first-order valence-electron chi connectivity index (χ1n) is 5.84. The van der Waals surface area contributed by atoms with E-state index >= 15 is 0 Å². The van der Waals surface area contributed by atoms with Crippen molar-refractivity contribution in [3.8, 4) is 0 Å². The number of halogens is 3. The van der Waals surface area contributed by atoms with Gasteiger partial charge in [-0.2, -0.15) is 18.3 Å². The summed E-state index contributed by atoms with van der Waals surface area (Å²) in [7, 11) is -3.69. The van der Waals surface area contributed by atoms with E-state index in [0.29, 0.717) is 5.69 Å². The predicted molar refractivity (Wildman–Crippen MR) is 70.2 cm³/mol. The van der Waals surface area contributed by atoms with Crippen LogP contribution in [-0.4, -0.2) is 23.7 Å². The van der Waals surface area contributed by atoms with Crippen LogP contribution in [0.15, 0.2) is 41.4 Å². The Labute approximate surface area is 119 Å². The van der Waals surface area contributed by atoms with Gasteiger partial charge in [0.05, 0.1) is 22.8 Å². The van der Waals surface area contributed by atoms with E-state index in [1.165, 1.54) is 22.9 Å². The van der Waals surface area contributed by atoms with Gasteiger partial charge < -0.3 is 5.32 Å². The van der Waals surface area contributed by atoms with Gasteiger partial charge in [-0.1, -0.05) is 12.1 Å². The zero-order valence-corrected chi connectivity index (χ0v) is 11.7. The molecule has 1 aromatic carbocycles. The Bertz CT molecular complexity index is 738. The molecule has 5 nitrogen and oxygen atoms in total. The van der Waals surface area contributed by atoms with Crippen LogP contribution in [0.3, 0.4) is 0 Å². The number of nitrogens with one attached hydrogen (secondary N) is 1. The van der Waals surface area contributed by atoms with Crippen LogP contribution in [0.25, 0.3) is 0 Å². The van der Waals surface area contributed by atoms with Crippen molar-refractivity contribution in [1.29, 1.82) is 0 Å². The quantitative estimate of drug-likeness (QED) is 0.939. The topological polar surface area (TPSA) is 64.0 Å². The van der Waals surface area contributed by atoms with Crippen LogP contribution in [0, 0.1) is 0 Å². The first kappa shape index (κ1) is 15.4. The molecule has 0 saturated heterocycles. The molecule has 0 bridgehead atoms. The van der Waals surface area contributed by atoms with Gasteiger partial charge in [0.1, 0.15) is 0 Å². The number of rotatable bonds is 4. The number of aryl methyl sites for hydroxylation is 1. The lowest BCUT2D eigenvalue weighted by Gasteiger charge is -2.13. The fourth-order valence-corrected chi connectivity index (χ4v) is 2.65. The number of para-hydroxylation sites is 1. The third kappa shape index (κ3) is 3.18. The van der Waals surface area contributed by atoms with Crippen LogP contribution in [0.5, 0.6) is 0 Å². The normalized spacial score (nSPS) is 12.4. The van der Waals surface area contributed by atoms with Crippen LogP contribution < -0.4 is 5.32 Å². The van der Waals surface area contributed by atoms with Gasteiger partial charge >= 0.3 is 5.51 Å². The van der Waals surface area contributed by atoms with Crippen molar-refractivity contribution in [3.63, 3.8) is 0 Å². The zero-order valence-electron chi connectivity index (χ0n) is 10.9. The fraction of sp³-hybridized carbons (Fsp3) is 0.250. The van der Waals surface area contributed by atoms with Crippen LogP contribution in [0.4, 0.5) is 18.9 Å². The maximum atomic E-state index is 12.6. The number of anilines is 1. The maximum absolute atomic E-state index is 12.6. The highest BCUT2D eigenvalue weighted by Crippen LogP contribution is 2.34. The van der Waals surface area contributed by atoms with Crippen molar-refractivity contribution >= 4 is 15.5 Å². The molecule has 1 aromatic heterocycles. The Morgan fingerprint density at radius 2 is 1.90 bits per heavy atom. The molecule has 0 amide bonds. The Morgan fingerprint density at radius 1 is 1.24 bits per heavy atom. The van der Waals surface area contributed by atoms with E-state index in [1.807, 2.05) is 0 Å². The predicted octanol–water partition coefficient (Wildman–Crippen LogP) is 2.33. The summed E-state index contributed by atoms with van der Waals surface area (Å²) in [4.78, 5) is -0.798. The Kier molecular flexibility index (Phi) is 3.95. The molecular weight excluding hydrogens is 307 g/mol. The molecule has 0 aliphatic rings. The molecule has 0 unspecified atom stereocenters. The van der Waals surface area contributed by atoms with Crippen LogP contribution in [0.2, 0.25) is 0 Å². The highest BCUT2D eigenvalue weighted by atomic mass is 32.2. The SMILES string of the molecule is Cn1ccc(CNc2ccccc2S(=O)(=O)C(F)(F)F)n1. The van der Waals surface area contributed by atoms with Gasteiger partial charge in [0, 0.05) is 13.2 Å². The van der Waals surface area contributed by atoms with Gasteiger partial charge in [0.2, 0.25) is 0 Å². The number of nitrogens with zero attached hydrogens (tertiary/aromatic N) is 2. The smallest absolute Gasteiger partial charge is 0.378 e. The van der Waals surface area contributed by atoms with E-state index in [9.17, 15) is 21.6 Å². The molecule has 1 N–H and O–H groups in total. The Morgan fingerprint density at radius 3 is 2.48 bits per heavy atom. The molecule has 0 radical (unpaired) electrons. The number of aromatic nitrogens is 2. The summed E-state index contributed by atoms with van der Waals surface area (Å²) in [6, 6.07) is 6.57. The van der Waals surface area contributed by atoms with Crippen molar-refractivity contribution in [1.82, 2.24) is 9.78 Å². The lowest BCUT2D eigenvalue weighted by atomic mass is 10.3. The molecule has 21 heavy (non-hydrogen) atoms. The summed E-state index contributed by atoms with van der Waals surface area (Å²) in [6.07, 6.45) is 1.68. The van der Waals surface area contributed by atoms with Crippen molar-refractivity contribution in [2.24, 2.45) is 7.05 Å². The first-order chi connectivity index (χ1) is 9.72. The minimum atomic E-state index is -5.39. The summed E-state index contributed by atoms with van der Waals surface area (Å²) in [5.41, 5.74) is -4.87. The number of benzene rings is 1. The molecule has 1 heterocycles. The van der Waals surface area contributed by atoms with Crippen LogP contribution in [-0.2, 0) is 23.4 Å². The summed E-state index contributed by atoms with van der Waals surface area (Å²) in [5.74, 6) is 0. The number of alkyl halides is 3. The average Bonchev–Trinajstić information content (AvgIpc) is 2.81. The van der Waals surface area contributed by atoms with Gasteiger partial charge in [-0.25, -0.2) is 8.42 Å². The molecule has 0 spiro atoms. The summed E-state index contributed by atoms with van der Waals surface area (Å²) >= 11 is 0. The summed E-state index contributed by atoms with van der Waals surface area (Å²) < 4.78 is 62.5. The molecule has 0 saturated carbocycles. The van der Waals surface area contributed by atoms with E-state index in [0.717, 1.165) is 6.07 Å². The largest absolute Gasteiger partial charge is 0.501 e. The number of hydrogen-bond acceptors (Lipinski definition) is 4. The molecule has 2 rings (SSSR count). The van der Waals surface area contributed by atoms with Gasteiger partial charge in [-0.15, -0.1) is 0 Å². The van der Waals surface area contributed by atoms with E-state index in [2.05, 4.69) is 10.4 Å².